The number of anilines is 1. The van der Waals surface area contributed by atoms with E-state index in [9.17, 15) is 4.79 Å². The van der Waals surface area contributed by atoms with Crippen LogP contribution in [0.5, 0.6) is 5.75 Å². The van der Waals surface area contributed by atoms with Gasteiger partial charge in [0.2, 0.25) is 5.91 Å². The molecule has 0 spiro atoms. The highest BCUT2D eigenvalue weighted by atomic mass is 32.2. The van der Waals surface area contributed by atoms with Crippen LogP contribution >= 0.6 is 11.8 Å². The summed E-state index contributed by atoms with van der Waals surface area (Å²) in [5.74, 6) is 2.00. The smallest absolute Gasteiger partial charge is 0.222 e. The Morgan fingerprint density at radius 2 is 2.20 bits per heavy atom. The molecule has 7 nitrogen and oxygen atoms in total. The summed E-state index contributed by atoms with van der Waals surface area (Å²) in [4.78, 5) is 22.9. The number of methoxy groups -OCH3 is 1. The number of likely N-dealkylation sites (tertiary alicyclic amines) is 1. The molecule has 3 aromatic rings. The maximum Gasteiger partial charge on any atom is 0.222 e. The van der Waals surface area contributed by atoms with E-state index in [1.807, 2.05) is 33.7 Å². The van der Waals surface area contributed by atoms with Crippen molar-refractivity contribution in [3.8, 4) is 17.0 Å². The summed E-state index contributed by atoms with van der Waals surface area (Å²) in [6.45, 7) is 4.60. The number of rotatable bonds is 9. The molecular weight excluding hydrogens is 398 g/mol. The Labute approximate surface area is 180 Å². The monoisotopic (exact) mass is 425 g/mol. The van der Waals surface area contributed by atoms with Gasteiger partial charge in [-0.05, 0) is 30.7 Å². The molecule has 8 heteroatoms. The number of carbonyl (C=O) groups excluding carboxylic acids is 1. The molecule has 30 heavy (non-hydrogen) atoms. The van der Waals surface area contributed by atoms with Crippen molar-refractivity contribution in [2.24, 2.45) is 0 Å². The third-order valence-corrected chi connectivity index (χ3v) is 6.05. The van der Waals surface area contributed by atoms with Crippen LogP contribution in [0.2, 0.25) is 0 Å². The second-order valence-electron chi connectivity index (χ2n) is 7.19. The molecular formula is C22H27N5O2S. The average molecular weight is 426 g/mol. The number of aromatic nitrogens is 3. The molecule has 0 saturated carbocycles. The highest BCUT2D eigenvalue weighted by Gasteiger charge is 2.19. The predicted octanol–water partition coefficient (Wildman–Crippen LogP) is 3.94. The number of thioether (sulfide) groups is 1. The van der Waals surface area contributed by atoms with Crippen LogP contribution in [0.3, 0.4) is 0 Å². The van der Waals surface area contributed by atoms with E-state index in [0.717, 1.165) is 71.7 Å². The van der Waals surface area contributed by atoms with Gasteiger partial charge < -0.3 is 15.0 Å². The molecule has 1 amide bonds. The zero-order chi connectivity index (χ0) is 20.9. The van der Waals surface area contributed by atoms with E-state index in [-0.39, 0.29) is 5.91 Å². The minimum Gasteiger partial charge on any atom is -0.495 e. The second kappa shape index (κ2) is 9.38. The zero-order valence-electron chi connectivity index (χ0n) is 17.4. The van der Waals surface area contributed by atoms with Crippen molar-refractivity contribution < 1.29 is 9.53 Å². The van der Waals surface area contributed by atoms with Crippen LogP contribution in [-0.2, 0) is 4.79 Å². The lowest BCUT2D eigenvalue weighted by atomic mass is 10.1. The molecule has 1 aromatic carbocycles. The predicted molar refractivity (Wildman–Crippen MR) is 120 cm³/mol. The molecule has 158 valence electrons. The van der Waals surface area contributed by atoms with Gasteiger partial charge in [0, 0.05) is 50.1 Å². The van der Waals surface area contributed by atoms with E-state index in [2.05, 4.69) is 23.3 Å². The number of benzene rings is 1. The Hall–Kier alpha value is -2.74. The van der Waals surface area contributed by atoms with Gasteiger partial charge >= 0.3 is 0 Å². The molecule has 1 fully saturated rings. The average Bonchev–Trinajstić information content (AvgIpc) is 3.40. The van der Waals surface area contributed by atoms with E-state index in [1.54, 1.807) is 25.1 Å². The van der Waals surface area contributed by atoms with Gasteiger partial charge in [-0.2, -0.15) is 0 Å². The molecule has 0 aliphatic carbocycles. The number of amides is 1. The molecule has 1 N–H and O–H groups in total. The highest BCUT2D eigenvalue weighted by Crippen LogP contribution is 2.31. The Kier molecular flexibility index (Phi) is 6.42. The number of carbonyl (C=O) groups is 1. The fourth-order valence-electron chi connectivity index (χ4n) is 3.70. The number of nitrogens with one attached hydrogen (secondary N) is 1. The lowest BCUT2D eigenvalue weighted by Gasteiger charge is -2.17. The molecule has 0 atom stereocenters. The van der Waals surface area contributed by atoms with Crippen molar-refractivity contribution >= 4 is 29.0 Å². The molecule has 4 rings (SSSR count). The highest BCUT2D eigenvalue weighted by molar-refractivity contribution is 7.99. The first-order valence-electron chi connectivity index (χ1n) is 10.4. The van der Waals surface area contributed by atoms with Gasteiger partial charge in [0.15, 0.2) is 5.16 Å². The summed E-state index contributed by atoms with van der Waals surface area (Å²) in [7, 11) is 1.68. The number of nitrogens with zero attached hydrogens (tertiary/aromatic N) is 4. The van der Waals surface area contributed by atoms with Crippen LogP contribution in [0.25, 0.3) is 16.9 Å². The maximum absolute atomic E-state index is 11.7. The topological polar surface area (TPSA) is 71.8 Å². The first-order chi connectivity index (χ1) is 14.7. The number of hydrogen-bond donors (Lipinski definition) is 1. The first-order valence-corrected chi connectivity index (χ1v) is 11.3. The number of hydrogen-bond acceptors (Lipinski definition) is 6. The van der Waals surface area contributed by atoms with Crippen molar-refractivity contribution in [3.63, 3.8) is 0 Å². The Morgan fingerprint density at radius 3 is 2.97 bits per heavy atom. The third kappa shape index (κ3) is 4.38. The van der Waals surface area contributed by atoms with Crippen LogP contribution in [0, 0.1) is 0 Å². The molecule has 0 unspecified atom stereocenters. The number of imidazole rings is 1. The molecule has 0 bridgehead atoms. The standard InChI is InChI=1S/C22H27N5O2S/c1-3-30-22-25-18(15-20-24-10-13-27(20)22)16-7-8-17(19(14-16)29-2)23-9-5-12-26-11-4-6-21(26)28/h7-8,10,13-15,23H,3-6,9,11-12H2,1-2H3. The van der Waals surface area contributed by atoms with Crippen molar-refractivity contribution in [1.82, 2.24) is 19.3 Å². The fourth-order valence-corrected chi connectivity index (χ4v) is 4.42. The summed E-state index contributed by atoms with van der Waals surface area (Å²) < 4.78 is 7.63. The van der Waals surface area contributed by atoms with Crippen molar-refractivity contribution in [2.75, 3.05) is 37.8 Å². The van der Waals surface area contributed by atoms with Crippen LogP contribution in [-0.4, -0.2) is 57.7 Å². The van der Waals surface area contributed by atoms with Crippen LogP contribution < -0.4 is 10.1 Å². The summed E-state index contributed by atoms with van der Waals surface area (Å²) >= 11 is 1.70. The summed E-state index contributed by atoms with van der Waals surface area (Å²) in [5.41, 5.74) is 3.69. The Morgan fingerprint density at radius 1 is 1.30 bits per heavy atom. The minimum absolute atomic E-state index is 0.277. The van der Waals surface area contributed by atoms with Crippen LogP contribution in [0.1, 0.15) is 26.2 Å². The molecule has 3 heterocycles. The maximum atomic E-state index is 11.7. The molecule has 0 radical (unpaired) electrons. The van der Waals surface area contributed by atoms with E-state index >= 15 is 0 Å². The second-order valence-corrected chi connectivity index (χ2v) is 8.42. The number of fused-ring (bicyclic) bond motifs is 1. The molecule has 2 aromatic heterocycles. The largest absolute Gasteiger partial charge is 0.495 e. The van der Waals surface area contributed by atoms with Crippen molar-refractivity contribution in [1.29, 1.82) is 0 Å². The molecule has 1 saturated heterocycles. The van der Waals surface area contributed by atoms with Crippen LogP contribution in [0.15, 0.2) is 41.8 Å². The fraction of sp³-hybridized carbons (Fsp3) is 0.409. The summed E-state index contributed by atoms with van der Waals surface area (Å²) in [6.07, 6.45) is 6.32. The Bertz CT molecular complexity index is 1040. The van der Waals surface area contributed by atoms with E-state index in [4.69, 9.17) is 9.72 Å². The Balaban J connectivity index is 1.48. The van der Waals surface area contributed by atoms with E-state index in [0.29, 0.717) is 6.42 Å². The van der Waals surface area contributed by atoms with Crippen LogP contribution in [0.4, 0.5) is 5.69 Å². The van der Waals surface area contributed by atoms with Gasteiger partial charge in [0.25, 0.3) is 0 Å². The lowest BCUT2D eigenvalue weighted by molar-refractivity contribution is -0.127. The minimum atomic E-state index is 0.277. The van der Waals surface area contributed by atoms with Gasteiger partial charge in [0.1, 0.15) is 11.4 Å². The SMILES string of the molecule is CCSc1nc(-c2ccc(NCCCN3CCCC3=O)c(OC)c2)cc2nccn12. The first kappa shape index (κ1) is 20.5. The van der Waals surface area contributed by atoms with Gasteiger partial charge in [-0.15, -0.1) is 0 Å². The van der Waals surface area contributed by atoms with Gasteiger partial charge in [-0.3, -0.25) is 9.20 Å². The van der Waals surface area contributed by atoms with Crippen molar-refractivity contribution in [3.05, 3.63) is 36.7 Å². The zero-order valence-corrected chi connectivity index (χ0v) is 18.2. The number of ether oxygens (including phenoxy) is 1. The van der Waals surface area contributed by atoms with Gasteiger partial charge in [0.05, 0.1) is 18.5 Å². The van der Waals surface area contributed by atoms with E-state index < -0.39 is 0 Å². The summed E-state index contributed by atoms with van der Waals surface area (Å²) in [5, 5.41) is 4.37. The molecule has 1 aliphatic rings. The third-order valence-electron chi connectivity index (χ3n) is 5.22. The normalized spacial score (nSPS) is 13.9. The van der Waals surface area contributed by atoms with Gasteiger partial charge in [-0.1, -0.05) is 24.8 Å². The quantitative estimate of drug-likeness (QED) is 0.318. The van der Waals surface area contributed by atoms with Crippen molar-refractivity contribution in [2.45, 2.75) is 31.3 Å². The molecule has 1 aliphatic heterocycles. The summed E-state index contributed by atoms with van der Waals surface area (Å²) in [6, 6.07) is 8.08. The lowest BCUT2D eigenvalue weighted by Crippen LogP contribution is -2.27. The van der Waals surface area contributed by atoms with E-state index in [1.165, 1.54) is 0 Å². The van der Waals surface area contributed by atoms with Gasteiger partial charge in [-0.25, -0.2) is 9.97 Å².